The minimum absolute atomic E-state index is 0.157. The summed E-state index contributed by atoms with van der Waals surface area (Å²) in [5.41, 5.74) is 3.86. The first-order valence-electron chi connectivity index (χ1n) is 12.0. The van der Waals surface area contributed by atoms with Crippen LogP contribution in [0.15, 0.2) is 54.6 Å². The van der Waals surface area contributed by atoms with E-state index in [2.05, 4.69) is 34.1 Å². The fourth-order valence-electron chi connectivity index (χ4n) is 5.64. The van der Waals surface area contributed by atoms with Gasteiger partial charge in [-0.25, -0.2) is 0 Å². The van der Waals surface area contributed by atoms with Crippen LogP contribution in [0.3, 0.4) is 0 Å². The van der Waals surface area contributed by atoms with Gasteiger partial charge in [-0.1, -0.05) is 42.5 Å². The van der Waals surface area contributed by atoms with Crippen molar-refractivity contribution in [2.45, 2.75) is 50.7 Å². The molecule has 4 heteroatoms. The van der Waals surface area contributed by atoms with E-state index in [0.717, 1.165) is 51.2 Å². The van der Waals surface area contributed by atoms with Gasteiger partial charge in [0.1, 0.15) is 0 Å². The number of carbonyl (C=O) groups is 1. The standard InChI is InChI=1S/C27H34N2O2/c30-27(22-7-2-1-3-8-22)29(20-26-11-6-16-31-26)19-21-12-14-28(15-13-21)25-17-23-9-4-5-10-24(23)18-25/h1-5,7-10,21,25-26H,6,11-20H2. The van der Waals surface area contributed by atoms with Gasteiger partial charge in [-0.15, -0.1) is 0 Å². The lowest BCUT2D eigenvalue weighted by atomic mass is 9.94. The summed E-state index contributed by atoms with van der Waals surface area (Å²) in [4.78, 5) is 18.0. The van der Waals surface area contributed by atoms with Gasteiger partial charge in [-0.2, -0.15) is 0 Å². The maximum Gasteiger partial charge on any atom is 0.253 e. The Morgan fingerprint density at radius 1 is 0.903 bits per heavy atom. The number of ether oxygens (including phenoxy) is 1. The Morgan fingerprint density at radius 3 is 2.23 bits per heavy atom. The van der Waals surface area contributed by atoms with E-state index in [9.17, 15) is 4.79 Å². The van der Waals surface area contributed by atoms with Gasteiger partial charge in [-0.05, 0) is 80.8 Å². The zero-order valence-electron chi connectivity index (χ0n) is 18.4. The van der Waals surface area contributed by atoms with Gasteiger partial charge in [0.15, 0.2) is 0 Å². The topological polar surface area (TPSA) is 32.8 Å². The summed E-state index contributed by atoms with van der Waals surface area (Å²) < 4.78 is 5.87. The zero-order chi connectivity index (χ0) is 21.0. The predicted molar refractivity (Wildman–Crippen MR) is 123 cm³/mol. The molecule has 0 radical (unpaired) electrons. The average Bonchev–Trinajstić information content (AvgIpc) is 3.49. The second-order valence-corrected chi connectivity index (χ2v) is 9.52. The molecule has 3 aliphatic rings. The van der Waals surface area contributed by atoms with Crippen LogP contribution in [0.5, 0.6) is 0 Å². The van der Waals surface area contributed by atoms with Gasteiger partial charge in [0.25, 0.3) is 5.91 Å². The number of carbonyl (C=O) groups excluding carboxylic acids is 1. The molecule has 1 amide bonds. The fraction of sp³-hybridized carbons (Fsp3) is 0.519. The SMILES string of the molecule is O=C(c1ccccc1)N(CC1CCN(C2Cc3ccccc3C2)CC1)CC1CCCO1. The van der Waals surface area contributed by atoms with Crippen molar-refractivity contribution in [3.05, 3.63) is 71.3 Å². The third-order valence-corrected chi connectivity index (χ3v) is 7.43. The first-order valence-corrected chi connectivity index (χ1v) is 12.0. The van der Waals surface area contributed by atoms with E-state index in [4.69, 9.17) is 4.74 Å². The summed E-state index contributed by atoms with van der Waals surface area (Å²) >= 11 is 0. The van der Waals surface area contributed by atoms with Crippen molar-refractivity contribution in [2.24, 2.45) is 5.92 Å². The summed E-state index contributed by atoms with van der Waals surface area (Å²) in [6.07, 6.45) is 7.12. The third-order valence-electron chi connectivity index (χ3n) is 7.43. The summed E-state index contributed by atoms with van der Waals surface area (Å²) in [5, 5.41) is 0. The van der Waals surface area contributed by atoms with E-state index in [-0.39, 0.29) is 12.0 Å². The molecule has 164 valence electrons. The molecule has 2 aliphatic heterocycles. The summed E-state index contributed by atoms with van der Waals surface area (Å²) in [6, 6.07) is 19.3. The molecule has 0 aromatic heterocycles. The molecule has 0 N–H and O–H groups in total. The number of hydrogen-bond donors (Lipinski definition) is 0. The van der Waals surface area contributed by atoms with Crippen molar-refractivity contribution < 1.29 is 9.53 Å². The predicted octanol–water partition coefficient (Wildman–Crippen LogP) is 4.19. The first-order chi connectivity index (χ1) is 15.3. The van der Waals surface area contributed by atoms with Crippen LogP contribution in [0.2, 0.25) is 0 Å². The van der Waals surface area contributed by atoms with E-state index in [1.165, 1.54) is 36.8 Å². The van der Waals surface area contributed by atoms with E-state index in [1.807, 2.05) is 30.3 Å². The van der Waals surface area contributed by atoms with Gasteiger partial charge in [0.05, 0.1) is 6.10 Å². The summed E-state index contributed by atoms with van der Waals surface area (Å²) in [5.74, 6) is 0.735. The highest BCUT2D eigenvalue weighted by Crippen LogP contribution is 2.29. The summed E-state index contributed by atoms with van der Waals surface area (Å²) in [6.45, 7) is 4.71. The van der Waals surface area contributed by atoms with Gasteiger partial charge in [-0.3, -0.25) is 9.69 Å². The van der Waals surface area contributed by atoms with Gasteiger partial charge < -0.3 is 9.64 Å². The van der Waals surface area contributed by atoms with Crippen LogP contribution >= 0.6 is 0 Å². The van der Waals surface area contributed by atoms with E-state index in [1.54, 1.807) is 0 Å². The molecular formula is C27H34N2O2. The van der Waals surface area contributed by atoms with Crippen molar-refractivity contribution in [3.63, 3.8) is 0 Å². The molecule has 2 fully saturated rings. The molecular weight excluding hydrogens is 384 g/mol. The molecule has 2 heterocycles. The quantitative estimate of drug-likeness (QED) is 0.705. The Labute approximate surface area is 186 Å². The number of hydrogen-bond acceptors (Lipinski definition) is 3. The van der Waals surface area contributed by atoms with Crippen molar-refractivity contribution in [2.75, 3.05) is 32.8 Å². The molecule has 0 spiro atoms. The molecule has 1 unspecified atom stereocenters. The number of piperidine rings is 1. The zero-order valence-corrected chi connectivity index (χ0v) is 18.4. The molecule has 4 nitrogen and oxygen atoms in total. The van der Waals surface area contributed by atoms with Crippen LogP contribution < -0.4 is 0 Å². The Bertz CT molecular complexity index is 845. The number of benzene rings is 2. The largest absolute Gasteiger partial charge is 0.376 e. The van der Waals surface area contributed by atoms with Crippen LogP contribution in [0.25, 0.3) is 0 Å². The van der Waals surface area contributed by atoms with Crippen LogP contribution in [-0.2, 0) is 17.6 Å². The average molecular weight is 419 g/mol. The lowest BCUT2D eigenvalue weighted by Crippen LogP contribution is -2.46. The van der Waals surface area contributed by atoms with E-state index < -0.39 is 0 Å². The Balaban J connectivity index is 1.19. The molecule has 0 bridgehead atoms. The van der Waals surface area contributed by atoms with Crippen molar-refractivity contribution >= 4 is 5.91 Å². The normalized spacial score (nSPS) is 22.5. The minimum Gasteiger partial charge on any atom is -0.376 e. The van der Waals surface area contributed by atoms with Crippen molar-refractivity contribution in [1.82, 2.24) is 9.80 Å². The van der Waals surface area contributed by atoms with E-state index in [0.29, 0.717) is 12.0 Å². The molecule has 31 heavy (non-hydrogen) atoms. The van der Waals surface area contributed by atoms with Gasteiger partial charge in [0.2, 0.25) is 0 Å². The van der Waals surface area contributed by atoms with Crippen molar-refractivity contribution in [3.8, 4) is 0 Å². The lowest BCUT2D eigenvalue weighted by Gasteiger charge is -2.38. The number of amides is 1. The monoisotopic (exact) mass is 418 g/mol. The molecule has 0 saturated carbocycles. The Kier molecular flexibility index (Phi) is 6.37. The smallest absolute Gasteiger partial charge is 0.253 e. The maximum absolute atomic E-state index is 13.3. The van der Waals surface area contributed by atoms with Crippen LogP contribution in [-0.4, -0.2) is 60.6 Å². The lowest BCUT2D eigenvalue weighted by molar-refractivity contribution is 0.0430. The Morgan fingerprint density at radius 2 is 1.58 bits per heavy atom. The van der Waals surface area contributed by atoms with Crippen LogP contribution in [0.1, 0.15) is 47.2 Å². The molecule has 2 aromatic rings. The number of fused-ring (bicyclic) bond motifs is 1. The molecule has 2 saturated heterocycles. The van der Waals surface area contributed by atoms with Crippen LogP contribution in [0, 0.1) is 5.92 Å². The molecule has 2 aromatic carbocycles. The van der Waals surface area contributed by atoms with Gasteiger partial charge in [0, 0.05) is 31.3 Å². The highest BCUT2D eigenvalue weighted by molar-refractivity contribution is 5.94. The van der Waals surface area contributed by atoms with Crippen molar-refractivity contribution in [1.29, 1.82) is 0 Å². The number of nitrogens with zero attached hydrogens (tertiary/aromatic N) is 2. The Hall–Kier alpha value is -2.17. The van der Waals surface area contributed by atoms with Gasteiger partial charge >= 0.3 is 0 Å². The van der Waals surface area contributed by atoms with Crippen LogP contribution in [0.4, 0.5) is 0 Å². The second kappa shape index (κ2) is 9.54. The molecule has 1 atom stereocenters. The fourth-order valence-corrected chi connectivity index (χ4v) is 5.64. The number of rotatable bonds is 6. The van der Waals surface area contributed by atoms with E-state index >= 15 is 0 Å². The maximum atomic E-state index is 13.3. The molecule has 1 aliphatic carbocycles. The minimum atomic E-state index is 0.157. The summed E-state index contributed by atoms with van der Waals surface area (Å²) in [7, 11) is 0. The second-order valence-electron chi connectivity index (χ2n) is 9.52. The highest BCUT2D eigenvalue weighted by atomic mass is 16.5. The highest BCUT2D eigenvalue weighted by Gasteiger charge is 2.32. The molecule has 5 rings (SSSR count). The number of likely N-dealkylation sites (tertiary alicyclic amines) is 1. The first kappa shape index (κ1) is 20.7. The third kappa shape index (κ3) is 4.86.